The second-order valence-electron chi connectivity index (χ2n) is 6.92. The molecule has 0 aliphatic carbocycles. The molecule has 0 aliphatic heterocycles. The first-order chi connectivity index (χ1) is 14.5. The first-order valence-electron chi connectivity index (χ1n) is 9.90. The molecule has 0 saturated carbocycles. The van der Waals surface area contributed by atoms with Gasteiger partial charge in [-0.3, -0.25) is 9.36 Å². The van der Waals surface area contributed by atoms with Crippen molar-refractivity contribution in [3.63, 3.8) is 0 Å². The van der Waals surface area contributed by atoms with Gasteiger partial charge in [0.05, 0.1) is 30.4 Å². The van der Waals surface area contributed by atoms with E-state index in [1.165, 1.54) is 0 Å². The Hall–Kier alpha value is -3.67. The van der Waals surface area contributed by atoms with E-state index in [0.29, 0.717) is 41.3 Å². The molecule has 0 spiro atoms. The van der Waals surface area contributed by atoms with Gasteiger partial charge in [0, 0.05) is 22.7 Å². The second-order valence-corrected chi connectivity index (χ2v) is 6.92. The zero-order chi connectivity index (χ0) is 21.3. The quantitative estimate of drug-likeness (QED) is 0.456. The van der Waals surface area contributed by atoms with Crippen molar-refractivity contribution in [1.82, 2.24) is 4.57 Å². The molecule has 30 heavy (non-hydrogen) atoms. The average Bonchev–Trinajstić information content (AvgIpc) is 3.08. The van der Waals surface area contributed by atoms with Crippen molar-refractivity contribution in [2.75, 3.05) is 13.2 Å². The summed E-state index contributed by atoms with van der Waals surface area (Å²) in [7, 11) is 0. The summed E-state index contributed by atoms with van der Waals surface area (Å²) in [4.78, 5) is 10.9. The molecule has 1 heterocycles. The summed E-state index contributed by atoms with van der Waals surface area (Å²) in [5.41, 5.74) is 1.41. The Labute approximate surface area is 173 Å². The van der Waals surface area contributed by atoms with Crippen molar-refractivity contribution in [3.8, 4) is 23.1 Å². The number of carbonyl (C=O) groups is 1. The zero-order valence-corrected chi connectivity index (χ0v) is 16.9. The van der Waals surface area contributed by atoms with Crippen LogP contribution in [0.3, 0.4) is 0 Å². The Morgan fingerprint density at radius 2 is 1.50 bits per heavy atom. The fraction of sp³-hybridized carbons (Fsp3) is 0.208. The summed E-state index contributed by atoms with van der Waals surface area (Å²) in [6, 6.07) is 14.9. The monoisotopic (exact) mass is 405 g/mol. The normalized spacial score (nSPS) is 11.1. The topological polar surface area (TPSA) is 80.9 Å². The maximum absolute atomic E-state index is 11.2. The molecule has 0 unspecified atom stereocenters. The third-order valence-corrected chi connectivity index (χ3v) is 5.01. The van der Waals surface area contributed by atoms with Gasteiger partial charge in [-0.25, -0.2) is 0 Å². The van der Waals surface area contributed by atoms with Crippen LogP contribution in [-0.2, 0) is 11.2 Å². The van der Waals surface area contributed by atoms with E-state index in [1.807, 2.05) is 44.3 Å². The van der Waals surface area contributed by atoms with Crippen molar-refractivity contribution >= 4 is 27.5 Å². The van der Waals surface area contributed by atoms with E-state index >= 15 is 0 Å². The minimum atomic E-state index is -0.883. The zero-order valence-electron chi connectivity index (χ0n) is 16.9. The summed E-state index contributed by atoms with van der Waals surface area (Å²) in [5.74, 6) is 0.478. The molecule has 6 nitrogen and oxygen atoms in total. The van der Waals surface area contributed by atoms with Gasteiger partial charge in [-0.15, -0.1) is 0 Å². The molecule has 1 aromatic heterocycles. The Kier molecular flexibility index (Phi) is 5.23. The SMILES string of the molecule is CCOc1c2ccccc2c(OCC)c2c(O)n(-c3ccc(CC(=O)O)cc3)cc12. The molecule has 0 aliphatic rings. The lowest BCUT2D eigenvalue weighted by Gasteiger charge is -2.14. The highest BCUT2D eigenvalue weighted by Crippen LogP contribution is 2.47. The Morgan fingerprint density at radius 3 is 2.10 bits per heavy atom. The molecular formula is C24H23NO5. The summed E-state index contributed by atoms with van der Waals surface area (Å²) < 4.78 is 13.6. The highest BCUT2D eigenvalue weighted by atomic mass is 16.5. The molecule has 6 heteroatoms. The average molecular weight is 405 g/mol. The van der Waals surface area contributed by atoms with Gasteiger partial charge in [0.25, 0.3) is 0 Å². The number of carboxylic acid groups (broad SMARTS) is 1. The molecule has 0 atom stereocenters. The van der Waals surface area contributed by atoms with Gasteiger partial charge in [-0.1, -0.05) is 36.4 Å². The lowest BCUT2D eigenvalue weighted by molar-refractivity contribution is -0.136. The number of ether oxygens (including phenoxy) is 2. The molecular weight excluding hydrogens is 382 g/mol. The van der Waals surface area contributed by atoms with Gasteiger partial charge in [0.2, 0.25) is 5.88 Å². The molecule has 0 amide bonds. The Balaban J connectivity index is 1.98. The van der Waals surface area contributed by atoms with Crippen molar-refractivity contribution in [2.24, 2.45) is 0 Å². The van der Waals surface area contributed by atoms with Gasteiger partial charge < -0.3 is 19.7 Å². The summed E-state index contributed by atoms with van der Waals surface area (Å²) >= 11 is 0. The van der Waals surface area contributed by atoms with E-state index in [2.05, 4.69) is 0 Å². The van der Waals surface area contributed by atoms with Gasteiger partial charge in [-0.2, -0.15) is 0 Å². The molecule has 2 N–H and O–H groups in total. The van der Waals surface area contributed by atoms with E-state index in [1.54, 1.807) is 28.8 Å². The number of aromatic nitrogens is 1. The van der Waals surface area contributed by atoms with Crippen molar-refractivity contribution in [1.29, 1.82) is 0 Å². The van der Waals surface area contributed by atoms with Crippen LogP contribution in [0.4, 0.5) is 0 Å². The number of hydrogen-bond donors (Lipinski definition) is 2. The highest BCUT2D eigenvalue weighted by molar-refractivity contribution is 6.13. The first kappa shape index (κ1) is 19.6. The molecule has 4 rings (SSSR count). The van der Waals surface area contributed by atoms with Crippen LogP contribution >= 0.6 is 0 Å². The van der Waals surface area contributed by atoms with Crippen LogP contribution in [0.15, 0.2) is 54.7 Å². The second kappa shape index (κ2) is 7.99. The number of benzene rings is 3. The number of aromatic hydroxyl groups is 1. The number of carboxylic acids is 1. The largest absolute Gasteiger partial charge is 0.494 e. The lowest BCUT2D eigenvalue weighted by atomic mass is 10.0. The van der Waals surface area contributed by atoms with E-state index in [0.717, 1.165) is 16.2 Å². The number of aliphatic carboxylic acids is 1. The molecule has 154 valence electrons. The molecule has 0 fully saturated rings. The smallest absolute Gasteiger partial charge is 0.307 e. The van der Waals surface area contributed by atoms with E-state index in [-0.39, 0.29) is 12.3 Å². The third-order valence-electron chi connectivity index (χ3n) is 5.01. The fourth-order valence-electron chi connectivity index (χ4n) is 3.79. The van der Waals surface area contributed by atoms with Crippen molar-refractivity contribution in [3.05, 3.63) is 60.3 Å². The summed E-state index contributed by atoms with van der Waals surface area (Å²) in [6.45, 7) is 4.78. The van der Waals surface area contributed by atoms with Crippen LogP contribution in [0.2, 0.25) is 0 Å². The van der Waals surface area contributed by atoms with Gasteiger partial charge >= 0.3 is 5.97 Å². The Bertz CT molecular complexity index is 1220. The predicted octanol–water partition coefficient (Wildman–Crippen LogP) is 4.91. The lowest BCUT2D eigenvalue weighted by Crippen LogP contribution is -2.00. The number of fused-ring (bicyclic) bond motifs is 2. The Morgan fingerprint density at radius 1 is 0.900 bits per heavy atom. The number of nitrogens with zero attached hydrogens (tertiary/aromatic N) is 1. The third kappa shape index (κ3) is 3.30. The van der Waals surface area contributed by atoms with E-state index in [4.69, 9.17) is 14.6 Å². The molecule has 4 aromatic rings. The predicted molar refractivity (Wildman–Crippen MR) is 116 cm³/mol. The molecule has 0 bridgehead atoms. The van der Waals surface area contributed by atoms with Gasteiger partial charge in [-0.05, 0) is 31.5 Å². The van der Waals surface area contributed by atoms with Crippen LogP contribution in [-0.4, -0.2) is 34.0 Å². The molecule has 3 aromatic carbocycles. The molecule has 0 radical (unpaired) electrons. The van der Waals surface area contributed by atoms with Crippen LogP contribution in [0.25, 0.3) is 27.2 Å². The standard InChI is InChI=1S/C24H23NO5/c1-3-29-22-17-7-5-6-8-18(17)23(30-4-2)21-19(22)14-25(24(21)28)16-11-9-15(10-12-16)13-20(26)27/h5-12,14,28H,3-4,13H2,1-2H3,(H,26,27). The highest BCUT2D eigenvalue weighted by Gasteiger charge is 2.22. The minimum absolute atomic E-state index is 0.0473. The molecule has 0 saturated heterocycles. The number of hydrogen-bond acceptors (Lipinski definition) is 4. The van der Waals surface area contributed by atoms with Crippen LogP contribution in [0.5, 0.6) is 17.4 Å². The maximum Gasteiger partial charge on any atom is 0.307 e. The van der Waals surface area contributed by atoms with Crippen molar-refractivity contribution in [2.45, 2.75) is 20.3 Å². The van der Waals surface area contributed by atoms with Crippen LogP contribution < -0.4 is 9.47 Å². The summed E-state index contributed by atoms with van der Waals surface area (Å²) in [5, 5.41) is 23.3. The van der Waals surface area contributed by atoms with E-state index < -0.39 is 5.97 Å². The van der Waals surface area contributed by atoms with Gasteiger partial charge in [0.15, 0.2) is 0 Å². The maximum atomic E-state index is 11.2. The summed E-state index contributed by atoms with van der Waals surface area (Å²) in [6.07, 6.45) is 1.78. The van der Waals surface area contributed by atoms with Gasteiger partial charge in [0.1, 0.15) is 11.5 Å². The van der Waals surface area contributed by atoms with Crippen LogP contribution in [0.1, 0.15) is 19.4 Å². The van der Waals surface area contributed by atoms with Crippen molar-refractivity contribution < 1.29 is 24.5 Å². The fourth-order valence-corrected chi connectivity index (χ4v) is 3.79. The first-order valence-corrected chi connectivity index (χ1v) is 9.90. The van der Waals surface area contributed by atoms with E-state index in [9.17, 15) is 9.90 Å². The number of rotatable bonds is 7. The minimum Gasteiger partial charge on any atom is -0.494 e. The van der Waals surface area contributed by atoms with Crippen LogP contribution in [0, 0.1) is 0 Å².